The number of piperazine rings is 1. The molecule has 2 fully saturated rings. The summed E-state index contributed by atoms with van der Waals surface area (Å²) in [4.78, 5) is 6.56. The molecule has 0 aromatic carbocycles. The minimum absolute atomic E-state index is 0.0902. The van der Waals surface area contributed by atoms with E-state index in [4.69, 9.17) is 0 Å². The molecule has 3 heterocycles. The monoisotopic (exact) mass is 267 g/mol. The molecule has 1 aromatic heterocycles. The van der Waals surface area contributed by atoms with Crippen LogP contribution in [0.1, 0.15) is 5.69 Å². The van der Waals surface area contributed by atoms with Gasteiger partial charge in [0.2, 0.25) is 0 Å². The molecule has 98 valence electrons. The zero-order valence-electron chi connectivity index (χ0n) is 10.1. The Morgan fingerprint density at radius 3 is 3.06 bits per heavy atom. The fourth-order valence-corrected chi connectivity index (χ4v) is 4.83. The van der Waals surface area contributed by atoms with Gasteiger partial charge in [-0.1, -0.05) is 6.07 Å². The zero-order chi connectivity index (χ0) is 12.6. The third-order valence-corrected chi connectivity index (χ3v) is 5.40. The van der Waals surface area contributed by atoms with Crippen molar-refractivity contribution in [2.45, 2.75) is 18.6 Å². The molecule has 0 saturated carbocycles. The molecule has 0 aliphatic carbocycles. The number of sulfone groups is 1. The summed E-state index contributed by atoms with van der Waals surface area (Å²) in [5.41, 5.74) is 1.00. The second-order valence-electron chi connectivity index (χ2n) is 5.00. The van der Waals surface area contributed by atoms with E-state index >= 15 is 0 Å². The van der Waals surface area contributed by atoms with Crippen LogP contribution in [0.5, 0.6) is 0 Å². The van der Waals surface area contributed by atoms with Crippen LogP contribution in [0.3, 0.4) is 0 Å². The summed E-state index contributed by atoms with van der Waals surface area (Å²) in [6.07, 6.45) is 1.78. The summed E-state index contributed by atoms with van der Waals surface area (Å²) in [6.45, 7) is 2.47. The van der Waals surface area contributed by atoms with Gasteiger partial charge in [-0.3, -0.25) is 9.88 Å². The molecule has 0 radical (unpaired) electrons. The second kappa shape index (κ2) is 4.60. The lowest BCUT2D eigenvalue weighted by atomic mass is 10.1. The lowest BCUT2D eigenvalue weighted by Crippen LogP contribution is -2.56. The number of pyridine rings is 1. The predicted octanol–water partition coefficient (Wildman–Crippen LogP) is -0.348. The van der Waals surface area contributed by atoms with Crippen LogP contribution in [-0.4, -0.2) is 55.0 Å². The van der Waals surface area contributed by atoms with Crippen molar-refractivity contribution in [3.8, 4) is 0 Å². The van der Waals surface area contributed by atoms with Crippen LogP contribution in [0, 0.1) is 0 Å². The smallest absolute Gasteiger partial charge is 0.153 e. The summed E-state index contributed by atoms with van der Waals surface area (Å²) in [5.74, 6) is 0.549. The summed E-state index contributed by atoms with van der Waals surface area (Å²) >= 11 is 0. The highest BCUT2D eigenvalue weighted by Gasteiger charge is 2.42. The van der Waals surface area contributed by atoms with Gasteiger partial charge in [0, 0.05) is 37.9 Å². The molecule has 6 heteroatoms. The molecule has 2 aliphatic heterocycles. The van der Waals surface area contributed by atoms with E-state index in [-0.39, 0.29) is 23.6 Å². The zero-order valence-corrected chi connectivity index (χ0v) is 10.9. The maximum Gasteiger partial charge on any atom is 0.153 e. The maximum atomic E-state index is 11.7. The summed E-state index contributed by atoms with van der Waals surface area (Å²) in [5, 5.41) is 3.31. The van der Waals surface area contributed by atoms with Crippen LogP contribution >= 0.6 is 0 Å². The minimum atomic E-state index is -2.88. The number of rotatable bonds is 2. The van der Waals surface area contributed by atoms with Gasteiger partial charge in [-0.2, -0.15) is 0 Å². The molecule has 0 unspecified atom stereocenters. The van der Waals surface area contributed by atoms with E-state index in [1.54, 1.807) is 6.20 Å². The first-order valence-electron chi connectivity index (χ1n) is 6.22. The number of aromatic nitrogens is 1. The van der Waals surface area contributed by atoms with Crippen molar-refractivity contribution in [2.75, 3.05) is 24.6 Å². The molecule has 0 spiro atoms. The van der Waals surface area contributed by atoms with Crippen molar-refractivity contribution in [2.24, 2.45) is 0 Å². The lowest BCUT2D eigenvalue weighted by Gasteiger charge is -2.37. The molecule has 1 aromatic rings. The van der Waals surface area contributed by atoms with Gasteiger partial charge >= 0.3 is 0 Å². The van der Waals surface area contributed by atoms with E-state index < -0.39 is 9.84 Å². The molecule has 5 nitrogen and oxygen atoms in total. The van der Waals surface area contributed by atoms with E-state index in [9.17, 15) is 8.42 Å². The highest BCUT2D eigenvalue weighted by Crippen LogP contribution is 2.22. The predicted molar refractivity (Wildman–Crippen MR) is 68.9 cm³/mol. The van der Waals surface area contributed by atoms with Crippen LogP contribution in [0.15, 0.2) is 24.4 Å². The fraction of sp³-hybridized carbons (Fsp3) is 0.583. The average Bonchev–Trinajstić information content (AvgIpc) is 2.66. The summed E-state index contributed by atoms with van der Waals surface area (Å²) in [6, 6.07) is 6.04. The molecule has 2 saturated heterocycles. The normalized spacial score (nSPS) is 31.1. The van der Waals surface area contributed by atoms with Crippen molar-refractivity contribution >= 4 is 9.84 Å². The molecular formula is C12H17N3O2S. The molecule has 0 amide bonds. The van der Waals surface area contributed by atoms with Gasteiger partial charge in [0.15, 0.2) is 9.84 Å². The van der Waals surface area contributed by atoms with Crippen LogP contribution in [-0.2, 0) is 16.4 Å². The molecule has 18 heavy (non-hydrogen) atoms. The van der Waals surface area contributed by atoms with E-state index in [0.717, 1.165) is 25.3 Å². The van der Waals surface area contributed by atoms with Gasteiger partial charge in [-0.25, -0.2) is 8.42 Å². The minimum Gasteiger partial charge on any atom is -0.310 e. The Hall–Kier alpha value is -0.980. The topological polar surface area (TPSA) is 62.3 Å². The van der Waals surface area contributed by atoms with Gasteiger partial charge in [0.05, 0.1) is 17.2 Å². The molecule has 0 bridgehead atoms. The Morgan fingerprint density at radius 2 is 2.28 bits per heavy atom. The van der Waals surface area contributed by atoms with Crippen molar-refractivity contribution in [3.63, 3.8) is 0 Å². The highest BCUT2D eigenvalue weighted by atomic mass is 32.2. The second-order valence-corrected chi connectivity index (χ2v) is 7.15. The Bertz CT molecular complexity index is 517. The van der Waals surface area contributed by atoms with E-state index in [0.29, 0.717) is 0 Å². The van der Waals surface area contributed by atoms with Gasteiger partial charge in [0.1, 0.15) is 0 Å². The van der Waals surface area contributed by atoms with Gasteiger partial charge in [-0.05, 0) is 12.1 Å². The number of nitrogens with zero attached hydrogens (tertiary/aromatic N) is 2. The SMILES string of the molecule is O=S1(=O)C[C@@H]2NCCN(Cc3ccccn3)[C@H]2C1. The first-order valence-corrected chi connectivity index (χ1v) is 8.04. The van der Waals surface area contributed by atoms with E-state index in [1.165, 1.54) is 0 Å². The van der Waals surface area contributed by atoms with Gasteiger partial charge < -0.3 is 5.32 Å². The third-order valence-electron chi connectivity index (χ3n) is 3.69. The van der Waals surface area contributed by atoms with Crippen molar-refractivity contribution in [3.05, 3.63) is 30.1 Å². The van der Waals surface area contributed by atoms with E-state index in [1.807, 2.05) is 18.2 Å². The Balaban J connectivity index is 1.76. The molecule has 1 N–H and O–H groups in total. The van der Waals surface area contributed by atoms with Crippen molar-refractivity contribution in [1.29, 1.82) is 0 Å². The summed E-state index contributed by atoms with van der Waals surface area (Å²) < 4.78 is 23.4. The maximum absolute atomic E-state index is 11.7. The Morgan fingerprint density at radius 1 is 1.39 bits per heavy atom. The van der Waals surface area contributed by atoms with Crippen LogP contribution in [0.4, 0.5) is 0 Å². The average molecular weight is 267 g/mol. The standard InChI is InChI=1S/C12H17N3O2S/c16-18(17)8-11-12(9-18)15(6-5-14-11)7-10-3-1-2-4-13-10/h1-4,11-12,14H,5-9H2/t11-,12-/m0/s1. The molecule has 3 rings (SSSR count). The van der Waals surface area contributed by atoms with E-state index in [2.05, 4.69) is 15.2 Å². The number of nitrogens with one attached hydrogen (secondary N) is 1. The summed E-state index contributed by atoms with van der Waals surface area (Å²) in [7, 11) is -2.88. The molecular weight excluding hydrogens is 250 g/mol. The molecule has 2 aliphatic rings. The Kier molecular flexibility index (Phi) is 3.09. The Labute approximate surface area is 107 Å². The quantitative estimate of drug-likeness (QED) is 0.794. The number of fused-ring (bicyclic) bond motifs is 1. The third kappa shape index (κ3) is 2.41. The van der Waals surface area contributed by atoms with Crippen LogP contribution in [0.25, 0.3) is 0 Å². The lowest BCUT2D eigenvalue weighted by molar-refractivity contribution is 0.139. The van der Waals surface area contributed by atoms with Crippen LogP contribution in [0.2, 0.25) is 0 Å². The largest absolute Gasteiger partial charge is 0.310 e. The first-order chi connectivity index (χ1) is 8.64. The van der Waals surface area contributed by atoms with Gasteiger partial charge in [0.25, 0.3) is 0 Å². The van der Waals surface area contributed by atoms with Gasteiger partial charge in [-0.15, -0.1) is 0 Å². The first kappa shape index (κ1) is 12.1. The van der Waals surface area contributed by atoms with Crippen LogP contribution < -0.4 is 5.32 Å². The highest BCUT2D eigenvalue weighted by molar-refractivity contribution is 7.91. The fourth-order valence-electron chi connectivity index (χ4n) is 2.84. The van der Waals surface area contributed by atoms with Crippen molar-refractivity contribution in [1.82, 2.24) is 15.2 Å². The number of hydrogen-bond acceptors (Lipinski definition) is 5. The number of hydrogen-bond donors (Lipinski definition) is 1. The van der Waals surface area contributed by atoms with Crippen molar-refractivity contribution < 1.29 is 8.42 Å². The molecule has 2 atom stereocenters.